The third kappa shape index (κ3) is 50.4. The van der Waals surface area contributed by atoms with Gasteiger partial charge in [0.25, 0.3) is 0 Å². The Labute approximate surface area is 73.0 Å². The minimum absolute atomic E-state index is 0. The molecule has 0 aliphatic rings. The van der Waals surface area contributed by atoms with E-state index in [4.69, 9.17) is 5.41 Å². The van der Waals surface area contributed by atoms with Gasteiger partial charge in [0.05, 0.1) is 0 Å². The van der Waals surface area contributed by atoms with Crippen LogP contribution in [0.5, 0.6) is 0 Å². The van der Waals surface area contributed by atoms with E-state index in [9.17, 15) is 0 Å². The number of nitrogens with two attached hydrogens (primary N) is 2. The molecule has 3 nitrogen and oxygen atoms in total. The van der Waals surface area contributed by atoms with Gasteiger partial charge in [-0.1, -0.05) is 0 Å². The maximum absolute atomic E-state index is 6.06. The van der Waals surface area contributed by atoms with Gasteiger partial charge in [-0.05, 0) is 0 Å². The second-order valence-corrected chi connectivity index (χ2v) is 0.455. The van der Waals surface area contributed by atoms with Crippen molar-refractivity contribution in [3.8, 4) is 0 Å². The molecule has 0 heterocycles. The van der Waals surface area contributed by atoms with Crippen LogP contribution in [-0.2, 0) is 0 Å². The normalized spacial score (nSPS) is 4.80. The summed E-state index contributed by atoms with van der Waals surface area (Å²) < 4.78 is 0. The van der Waals surface area contributed by atoms with Gasteiger partial charge in [0.15, 0.2) is 5.96 Å². The van der Waals surface area contributed by atoms with Gasteiger partial charge in [-0.2, -0.15) is 0 Å². The van der Waals surface area contributed by atoms with Crippen LogP contribution in [0.4, 0.5) is 0 Å². The molecule has 0 aliphatic heterocycles. The van der Waals surface area contributed by atoms with Gasteiger partial charge in [-0.15, -0.1) is 0 Å². The third-order valence-electron chi connectivity index (χ3n) is 0. The SMILES string of the molecule is N=C(N)N.[K+]. The predicted molar refractivity (Wildman–Crippen MR) is 16.1 cm³/mol. The zero-order valence-corrected chi connectivity index (χ0v) is 6.28. The minimum Gasteiger partial charge on any atom is -0.370 e. The van der Waals surface area contributed by atoms with Crippen LogP contribution in [0, 0.1) is 5.41 Å². The van der Waals surface area contributed by atoms with Crippen molar-refractivity contribution in [2.45, 2.75) is 0 Å². The van der Waals surface area contributed by atoms with Crippen molar-refractivity contribution in [2.24, 2.45) is 11.5 Å². The van der Waals surface area contributed by atoms with E-state index in [-0.39, 0.29) is 57.3 Å². The predicted octanol–water partition coefficient (Wildman–Crippen LogP) is -4.16. The molecule has 5 heavy (non-hydrogen) atoms. The average Bonchev–Trinajstić information content (AvgIpc) is 0.811. The van der Waals surface area contributed by atoms with E-state index >= 15 is 0 Å². The monoisotopic (exact) mass is 98.0 g/mol. The van der Waals surface area contributed by atoms with Crippen LogP contribution >= 0.6 is 0 Å². The largest absolute Gasteiger partial charge is 1.00 e. The molecular weight excluding hydrogens is 93.1 g/mol. The Morgan fingerprint density at radius 1 is 1.40 bits per heavy atom. The summed E-state index contributed by atoms with van der Waals surface area (Å²) in [6.45, 7) is 0. The molecule has 0 aromatic heterocycles. The zero-order chi connectivity index (χ0) is 3.58. The molecule has 0 radical (unpaired) electrons. The molecule has 0 amide bonds. The van der Waals surface area contributed by atoms with Crippen molar-refractivity contribution in [3.05, 3.63) is 0 Å². The average molecular weight is 98.2 g/mol. The van der Waals surface area contributed by atoms with Crippen LogP contribution in [0.2, 0.25) is 0 Å². The summed E-state index contributed by atoms with van der Waals surface area (Å²) in [5, 5.41) is 6.06. The van der Waals surface area contributed by atoms with Crippen molar-refractivity contribution in [3.63, 3.8) is 0 Å². The summed E-state index contributed by atoms with van der Waals surface area (Å²) in [4.78, 5) is 0. The second kappa shape index (κ2) is 4.91. The van der Waals surface area contributed by atoms with Crippen LogP contribution in [-0.4, -0.2) is 5.96 Å². The fraction of sp³-hybridized carbons (Fsp3) is 0. The van der Waals surface area contributed by atoms with Crippen LogP contribution in [0.15, 0.2) is 0 Å². The maximum atomic E-state index is 6.06. The number of nitrogens with one attached hydrogen (secondary N) is 1. The first-order chi connectivity index (χ1) is 1.73. The van der Waals surface area contributed by atoms with Crippen molar-refractivity contribution < 1.29 is 51.4 Å². The van der Waals surface area contributed by atoms with E-state index in [1.807, 2.05) is 0 Å². The van der Waals surface area contributed by atoms with Gasteiger partial charge in [0, 0.05) is 0 Å². The first-order valence-corrected chi connectivity index (χ1v) is 0.827. The standard InChI is InChI=1S/CH5N3.K/c2-1(3)4;/h(H5,2,3,4);/q;+1. The molecule has 0 aliphatic carbocycles. The van der Waals surface area contributed by atoms with Crippen molar-refractivity contribution >= 4 is 5.96 Å². The molecule has 0 fully saturated rings. The molecule has 0 unspecified atom stereocenters. The molecule has 0 saturated heterocycles. The van der Waals surface area contributed by atoms with E-state index in [1.54, 1.807) is 0 Å². The van der Waals surface area contributed by atoms with Crippen LogP contribution < -0.4 is 62.9 Å². The topological polar surface area (TPSA) is 75.9 Å². The van der Waals surface area contributed by atoms with Crippen LogP contribution in [0.1, 0.15) is 0 Å². The van der Waals surface area contributed by atoms with Gasteiger partial charge in [-0.3, -0.25) is 5.41 Å². The Morgan fingerprint density at radius 3 is 1.40 bits per heavy atom. The van der Waals surface area contributed by atoms with Gasteiger partial charge in [0.2, 0.25) is 0 Å². The van der Waals surface area contributed by atoms with Crippen LogP contribution in [0.25, 0.3) is 0 Å². The number of hydrogen-bond acceptors (Lipinski definition) is 1. The Morgan fingerprint density at radius 2 is 1.40 bits per heavy atom. The molecule has 4 heteroatoms. The summed E-state index contributed by atoms with van der Waals surface area (Å²) in [6, 6.07) is 0. The first kappa shape index (κ1) is 9.32. The van der Waals surface area contributed by atoms with E-state index < -0.39 is 0 Å². The zero-order valence-electron chi connectivity index (χ0n) is 3.15. The van der Waals surface area contributed by atoms with E-state index in [2.05, 4.69) is 11.5 Å². The van der Waals surface area contributed by atoms with E-state index in [0.29, 0.717) is 0 Å². The van der Waals surface area contributed by atoms with Crippen molar-refractivity contribution in [1.29, 1.82) is 5.41 Å². The summed E-state index contributed by atoms with van der Waals surface area (Å²) in [5.41, 5.74) is 8.94. The van der Waals surface area contributed by atoms with Gasteiger partial charge in [0.1, 0.15) is 0 Å². The molecule has 0 saturated carbocycles. The number of guanidine groups is 1. The Bertz CT molecular complexity index is 29.9. The summed E-state index contributed by atoms with van der Waals surface area (Å²) in [5.74, 6) is -0.333. The fourth-order valence-electron chi connectivity index (χ4n) is 0. The van der Waals surface area contributed by atoms with Gasteiger partial charge >= 0.3 is 51.4 Å². The smallest absolute Gasteiger partial charge is 0.370 e. The molecule has 0 bridgehead atoms. The Kier molecular flexibility index (Phi) is 9.14. The molecule has 24 valence electrons. The quantitative estimate of drug-likeness (QED) is 0.163. The Balaban J connectivity index is 0. The molecule has 0 atom stereocenters. The van der Waals surface area contributed by atoms with E-state index in [0.717, 1.165) is 0 Å². The van der Waals surface area contributed by atoms with Crippen molar-refractivity contribution in [1.82, 2.24) is 0 Å². The number of rotatable bonds is 0. The summed E-state index contributed by atoms with van der Waals surface area (Å²) in [7, 11) is 0. The molecule has 5 N–H and O–H groups in total. The molecule has 0 rings (SSSR count). The molecule has 0 aromatic carbocycles. The van der Waals surface area contributed by atoms with Crippen molar-refractivity contribution in [2.75, 3.05) is 0 Å². The summed E-state index contributed by atoms with van der Waals surface area (Å²) in [6.07, 6.45) is 0. The second-order valence-electron chi connectivity index (χ2n) is 0.455. The third-order valence-corrected chi connectivity index (χ3v) is 0. The van der Waals surface area contributed by atoms with Gasteiger partial charge in [-0.25, -0.2) is 0 Å². The molecular formula is CH5KN3+. The fourth-order valence-corrected chi connectivity index (χ4v) is 0. The van der Waals surface area contributed by atoms with Gasteiger partial charge < -0.3 is 11.5 Å². The van der Waals surface area contributed by atoms with E-state index in [1.165, 1.54) is 0 Å². The maximum Gasteiger partial charge on any atom is 1.00 e. The molecule has 0 aromatic rings. The minimum atomic E-state index is -0.333. The molecule has 0 spiro atoms. The number of hydrogen-bond donors (Lipinski definition) is 3. The first-order valence-electron chi connectivity index (χ1n) is 0.827. The van der Waals surface area contributed by atoms with Crippen LogP contribution in [0.3, 0.4) is 0 Å². The summed E-state index contributed by atoms with van der Waals surface area (Å²) >= 11 is 0. The Hall–Kier alpha value is 0.906.